The van der Waals surface area contributed by atoms with Crippen molar-refractivity contribution >= 4 is 11.8 Å². The summed E-state index contributed by atoms with van der Waals surface area (Å²) in [6, 6.07) is 1.34. The van der Waals surface area contributed by atoms with Crippen molar-refractivity contribution in [2.75, 3.05) is 13.1 Å². The lowest BCUT2D eigenvalue weighted by Gasteiger charge is -2.35. The van der Waals surface area contributed by atoms with E-state index in [9.17, 15) is 19.1 Å². The second-order valence-corrected chi connectivity index (χ2v) is 11.5. The Bertz CT molecular complexity index is 1090. The molecule has 1 saturated carbocycles. The summed E-state index contributed by atoms with van der Waals surface area (Å²) < 4.78 is 15.9. The maximum absolute atomic E-state index is 14.3. The number of aliphatic hydroxyl groups is 1. The molecule has 3 atom stereocenters. The van der Waals surface area contributed by atoms with Crippen molar-refractivity contribution in [2.24, 2.45) is 5.41 Å². The molecule has 0 spiro atoms. The number of aromatic nitrogens is 4. The minimum atomic E-state index is -0.835. The van der Waals surface area contributed by atoms with Crippen LogP contribution in [-0.2, 0) is 15.0 Å². The lowest BCUT2D eigenvalue weighted by atomic mass is 9.85. The molecule has 0 aromatic carbocycles. The van der Waals surface area contributed by atoms with Gasteiger partial charge in [-0.15, -0.1) is 5.10 Å². The summed E-state index contributed by atoms with van der Waals surface area (Å²) >= 11 is 0. The van der Waals surface area contributed by atoms with Crippen molar-refractivity contribution in [1.82, 2.24) is 30.2 Å². The fourth-order valence-corrected chi connectivity index (χ4v) is 4.72. The van der Waals surface area contributed by atoms with Crippen LogP contribution in [0.25, 0.3) is 0 Å². The second-order valence-electron chi connectivity index (χ2n) is 11.5. The molecule has 2 aliphatic rings. The van der Waals surface area contributed by atoms with Crippen molar-refractivity contribution < 1.29 is 19.1 Å². The van der Waals surface area contributed by atoms with Crippen molar-refractivity contribution in [1.29, 1.82) is 0 Å². The Labute approximate surface area is 205 Å². The van der Waals surface area contributed by atoms with Crippen LogP contribution in [0.3, 0.4) is 0 Å². The molecule has 0 unspecified atom stereocenters. The molecule has 1 aliphatic heterocycles. The Morgan fingerprint density at radius 2 is 1.97 bits per heavy atom. The number of nitrogens with zero attached hydrogens (tertiary/aromatic N) is 5. The summed E-state index contributed by atoms with van der Waals surface area (Å²) in [6.07, 6.45) is 4.82. The molecule has 190 valence electrons. The summed E-state index contributed by atoms with van der Waals surface area (Å²) in [4.78, 5) is 32.6. The van der Waals surface area contributed by atoms with Crippen LogP contribution in [0, 0.1) is 11.2 Å². The van der Waals surface area contributed by atoms with E-state index < -0.39 is 34.8 Å². The number of aliphatic hydroxyl groups excluding tert-OH is 1. The van der Waals surface area contributed by atoms with E-state index in [0.717, 1.165) is 18.5 Å². The summed E-state index contributed by atoms with van der Waals surface area (Å²) in [5, 5.41) is 21.7. The van der Waals surface area contributed by atoms with E-state index >= 15 is 0 Å². The first-order valence-electron chi connectivity index (χ1n) is 12.2. The molecule has 9 nitrogen and oxygen atoms in total. The molecule has 0 radical (unpaired) electrons. The molecule has 2 fully saturated rings. The van der Waals surface area contributed by atoms with Gasteiger partial charge in [0.05, 0.1) is 17.5 Å². The monoisotopic (exact) mass is 486 g/mol. The number of pyridine rings is 1. The molecular formula is C25H35FN6O3. The number of nitrogens with one attached hydrogen (secondary N) is 1. The number of rotatable bonds is 7. The van der Waals surface area contributed by atoms with Crippen LogP contribution in [-0.4, -0.2) is 67.0 Å². The lowest BCUT2D eigenvalue weighted by Crippen LogP contribution is -2.51. The average Bonchev–Trinajstić information content (AvgIpc) is 3.38. The number of halogens is 1. The quantitative estimate of drug-likeness (QED) is 0.621. The van der Waals surface area contributed by atoms with E-state index in [2.05, 4.69) is 20.6 Å². The average molecular weight is 487 g/mol. The molecule has 3 heterocycles. The van der Waals surface area contributed by atoms with E-state index in [1.54, 1.807) is 18.5 Å². The number of hydrogen-bond acceptors (Lipinski definition) is 6. The minimum Gasteiger partial charge on any atom is -0.391 e. The van der Waals surface area contributed by atoms with Gasteiger partial charge in [0.1, 0.15) is 17.9 Å². The molecule has 2 N–H and O–H groups in total. The Balaban J connectivity index is 1.51. The number of carbonyl (C=O) groups is 2. The van der Waals surface area contributed by atoms with E-state index in [4.69, 9.17) is 0 Å². The highest BCUT2D eigenvalue weighted by molar-refractivity contribution is 5.90. The third-order valence-electron chi connectivity index (χ3n) is 6.81. The fraction of sp³-hybridized carbons (Fsp3) is 0.640. The summed E-state index contributed by atoms with van der Waals surface area (Å²) in [7, 11) is 0. The molecule has 2 aromatic heterocycles. The molecule has 35 heavy (non-hydrogen) atoms. The van der Waals surface area contributed by atoms with Crippen LogP contribution < -0.4 is 5.32 Å². The number of carbonyl (C=O) groups excluding carboxylic acids is 2. The zero-order chi connectivity index (χ0) is 25.5. The van der Waals surface area contributed by atoms with Crippen LogP contribution in [0.15, 0.2) is 24.5 Å². The number of β-amino-alcohol motifs (C(OH)–C–C–N with tert-alkyl or cyclic N) is 1. The van der Waals surface area contributed by atoms with Gasteiger partial charge in [0.2, 0.25) is 11.8 Å². The predicted octanol–water partition coefficient (Wildman–Crippen LogP) is 2.33. The third-order valence-corrected chi connectivity index (χ3v) is 6.81. The van der Waals surface area contributed by atoms with Crippen LogP contribution in [0.4, 0.5) is 4.39 Å². The second kappa shape index (κ2) is 9.29. The number of likely N-dealkylation sites (tertiary alicyclic amines) is 1. The molecule has 10 heteroatoms. The zero-order valence-corrected chi connectivity index (χ0v) is 21.0. The Hall–Kier alpha value is -2.88. The molecule has 4 rings (SSSR count). The maximum Gasteiger partial charge on any atom is 0.248 e. The van der Waals surface area contributed by atoms with Crippen molar-refractivity contribution in [3.63, 3.8) is 0 Å². The topological polar surface area (TPSA) is 113 Å². The first-order chi connectivity index (χ1) is 16.4. The Morgan fingerprint density at radius 1 is 1.26 bits per heavy atom. The molecule has 2 amide bonds. The van der Waals surface area contributed by atoms with Gasteiger partial charge in [-0.25, -0.2) is 9.07 Å². The smallest absolute Gasteiger partial charge is 0.248 e. The number of amides is 2. The summed E-state index contributed by atoms with van der Waals surface area (Å²) in [6.45, 7) is 9.61. The predicted molar refractivity (Wildman–Crippen MR) is 127 cm³/mol. The van der Waals surface area contributed by atoms with Gasteiger partial charge >= 0.3 is 0 Å². The lowest BCUT2D eigenvalue weighted by molar-refractivity contribution is -0.144. The van der Waals surface area contributed by atoms with Gasteiger partial charge in [0.15, 0.2) is 0 Å². The van der Waals surface area contributed by atoms with Crippen molar-refractivity contribution in [3.8, 4) is 0 Å². The van der Waals surface area contributed by atoms with Crippen molar-refractivity contribution in [3.05, 3.63) is 41.7 Å². The van der Waals surface area contributed by atoms with Gasteiger partial charge in [-0.1, -0.05) is 39.8 Å². The van der Waals surface area contributed by atoms with Crippen LogP contribution in [0.1, 0.15) is 77.2 Å². The van der Waals surface area contributed by atoms with Gasteiger partial charge in [-0.2, -0.15) is 0 Å². The van der Waals surface area contributed by atoms with Crippen LogP contribution in [0.5, 0.6) is 0 Å². The number of hydrogen-bond donors (Lipinski definition) is 2. The third kappa shape index (κ3) is 5.37. The van der Waals surface area contributed by atoms with Crippen LogP contribution >= 0.6 is 0 Å². The highest BCUT2D eigenvalue weighted by Gasteiger charge is 2.45. The van der Waals surface area contributed by atoms with Gasteiger partial charge in [-0.3, -0.25) is 14.6 Å². The first kappa shape index (κ1) is 25.2. The molecule has 0 bridgehead atoms. The Kier molecular flexibility index (Phi) is 6.70. The van der Waals surface area contributed by atoms with E-state index in [1.807, 2.05) is 27.0 Å². The van der Waals surface area contributed by atoms with E-state index in [1.165, 1.54) is 23.2 Å². The van der Waals surface area contributed by atoms with Gasteiger partial charge in [0.25, 0.3) is 0 Å². The standard InChI is InChI=1S/C25H35FN6O3/c1-24(2,3)21(32-13-18(29-30-32)15-8-9-15)23(35)31-12-16(33)11-19(31)22(34)28-14-25(4,5)20-17(26)7-6-10-27-20/h6-7,10,13,15-16,19,21,33H,8-9,11-12,14H2,1-5H3,(H,28,34)/t16-,19+,21-/m1/s1. The Morgan fingerprint density at radius 3 is 2.60 bits per heavy atom. The highest BCUT2D eigenvalue weighted by Crippen LogP contribution is 2.40. The molecule has 1 saturated heterocycles. The van der Waals surface area contributed by atoms with Gasteiger partial charge in [-0.05, 0) is 30.4 Å². The fourth-order valence-electron chi connectivity index (χ4n) is 4.72. The first-order valence-corrected chi connectivity index (χ1v) is 12.2. The van der Waals surface area contributed by atoms with Gasteiger partial charge < -0.3 is 15.3 Å². The summed E-state index contributed by atoms with van der Waals surface area (Å²) in [5.74, 6) is -0.703. The summed E-state index contributed by atoms with van der Waals surface area (Å²) in [5.41, 5.74) is -0.128. The van der Waals surface area contributed by atoms with Gasteiger partial charge in [0, 0.05) is 43.2 Å². The molecular weight excluding hydrogens is 451 g/mol. The normalized spacial score (nSPS) is 21.7. The molecule has 1 aliphatic carbocycles. The van der Waals surface area contributed by atoms with E-state index in [-0.39, 0.29) is 37.0 Å². The van der Waals surface area contributed by atoms with E-state index in [0.29, 0.717) is 5.92 Å². The molecule has 2 aromatic rings. The van der Waals surface area contributed by atoms with Crippen molar-refractivity contribution in [2.45, 2.75) is 83.4 Å². The minimum absolute atomic E-state index is 0.0614. The van der Waals surface area contributed by atoms with Crippen LogP contribution in [0.2, 0.25) is 0 Å². The SMILES string of the molecule is CC(C)(CNC(=O)[C@@H]1C[C@@H](O)CN1C(=O)[C@@H](n1cc(C2CC2)nn1)C(C)(C)C)c1ncccc1F. The highest BCUT2D eigenvalue weighted by atomic mass is 19.1. The zero-order valence-electron chi connectivity index (χ0n) is 21.0. The largest absolute Gasteiger partial charge is 0.391 e. The maximum atomic E-state index is 14.3.